The van der Waals surface area contributed by atoms with Gasteiger partial charge in [-0.15, -0.1) is 0 Å². The summed E-state index contributed by atoms with van der Waals surface area (Å²) in [5.41, 5.74) is 1.66. The summed E-state index contributed by atoms with van der Waals surface area (Å²) in [5.74, 6) is 0.213. The standard InChI is InChI=1S/C21H24F2N2OS/c1-27-24-10-13-11-25(12-13)21(26)17-9-16(17)14-5-2-3-6-15(14)20-18(22)7-4-8-19(20)23/h2-7,13,16-17,19,24H,8-12H2,1H3. The van der Waals surface area contributed by atoms with Gasteiger partial charge < -0.3 is 4.90 Å². The number of nitrogens with one attached hydrogen (secondary N) is 1. The average Bonchev–Trinajstić information content (AvgIpc) is 3.41. The second-order valence-corrected chi connectivity index (χ2v) is 8.26. The Balaban J connectivity index is 1.46. The SMILES string of the molecule is CSNCC1CN(C(=O)C2CC2c2ccccc2C2=C(F)C=CCC2F)C1. The van der Waals surface area contributed by atoms with E-state index in [1.807, 2.05) is 29.4 Å². The van der Waals surface area contributed by atoms with Crippen LogP contribution in [0.5, 0.6) is 0 Å². The van der Waals surface area contributed by atoms with Crippen LogP contribution in [0.2, 0.25) is 0 Å². The van der Waals surface area contributed by atoms with Crippen molar-refractivity contribution in [2.75, 3.05) is 25.9 Å². The minimum absolute atomic E-state index is 0.0542. The van der Waals surface area contributed by atoms with Gasteiger partial charge in [0.2, 0.25) is 5.91 Å². The van der Waals surface area contributed by atoms with Gasteiger partial charge in [-0.1, -0.05) is 42.3 Å². The van der Waals surface area contributed by atoms with Gasteiger partial charge in [0.1, 0.15) is 12.0 Å². The second-order valence-electron chi connectivity index (χ2n) is 7.56. The summed E-state index contributed by atoms with van der Waals surface area (Å²) in [6.07, 6.45) is 4.51. The highest BCUT2D eigenvalue weighted by Crippen LogP contribution is 2.51. The van der Waals surface area contributed by atoms with E-state index in [4.69, 9.17) is 0 Å². The Kier molecular flexibility index (Phi) is 5.37. The van der Waals surface area contributed by atoms with E-state index < -0.39 is 12.0 Å². The number of carbonyl (C=O) groups excluding carboxylic acids is 1. The Morgan fingerprint density at radius 1 is 1.33 bits per heavy atom. The van der Waals surface area contributed by atoms with Gasteiger partial charge >= 0.3 is 0 Å². The summed E-state index contributed by atoms with van der Waals surface area (Å²) in [7, 11) is 0. The predicted molar refractivity (Wildman–Crippen MR) is 106 cm³/mol. The number of hydrogen-bond acceptors (Lipinski definition) is 3. The molecule has 3 aliphatic rings. The quantitative estimate of drug-likeness (QED) is 0.743. The maximum Gasteiger partial charge on any atom is 0.226 e. The largest absolute Gasteiger partial charge is 0.342 e. The van der Waals surface area contributed by atoms with Crippen LogP contribution >= 0.6 is 11.9 Å². The molecule has 4 rings (SSSR count). The van der Waals surface area contributed by atoms with Crippen molar-refractivity contribution in [1.29, 1.82) is 0 Å². The number of benzene rings is 1. The molecule has 1 saturated heterocycles. The van der Waals surface area contributed by atoms with Crippen LogP contribution in [0, 0.1) is 11.8 Å². The van der Waals surface area contributed by atoms with E-state index in [9.17, 15) is 13.6 Å². The molecular weight excluding hydrogens is 366 g/mol. The summed E-state index contributed by atoms with van der Waals surface area (Å²) in [6.45, 7) is 2.52. The van der Waals surface area contributed by atoms with Gasteiger partial charge in [0.05, 0.1) is 0 Å². The van der Waals surface area contributed by atoms with E-state index in [0.29, 0.717) is 11.5 Å². The van der Waals surface area contributed by atoms with E-state index in [2.05, 4.69) is 4.72 Å². The fraction of sp³-hybridized carbons (Fsp3) is 0.476. The van der Waals surface area contributed by atoms with E-state index >= 15 is 0 Å². The lowest BCUT2D eigenvalue weighted by Gasteiger charge is -2.39. The van der Waals surface area contributed by atoms with Crippen LogP contribution in [0.4, 0.5) is 8.78 Å². The lowest BCUT2D eigenvalue weighted by molar-refractivity contribution is -0.138. The highest BCUT2D eigenvalue weighted by Gasteiger charge is 2.49. The van der Waals surface area contributed by atoms with Crippen molar-refractivity contribution < 1.29 is 13.6 Å². The maximum atomic E-state index is 14.4. The molecule has 3 nitrogen and oxygen atoms in total. The van der Waals surface area contributed by atoms with Crippen LogP contribution < -0.4 is 4.72 Å². The van der Waals surface area contributed by atoms with Crippen LogP contribution in [0.3, 0.4) is 0 Å². The normalized spacial score (nSPS) is 27.7. The highest BCUT2D eigenvalue weighted by atomic mass is 32.2. The van der Waals surface area contributed by atoms with Crippen molar-refractivity contribution in [3.63, 3.8) is 0 Å². The molecule has 1 saturated carbocycles. The summed E-state index contributed by atoms with van der Waals surface area (Å²) in [6, 6.07) is 7.39. The van der Waals surface area contributed by atoms with Crippen LogP contribution in [-0.2, 0) is 4.79 Å². The number of allylic oxidation sites excluding steroid dienone is 4. The zero-order chi connectivity index (χ0) is 19.0. The molecular formula is C21H24F2N2OS. The Bertz CT molecular complexity index is 788. The van der Waals surface area contributed by atoms with Crippen LogP contribution in [-0.4, -0.2) is 42.9 Å². The van der Waals surface area contributed by atoms with Crippen molar-refractivity contribution in [3.8, 4) is 0 Å². The third-order valence-electron chi connectivity index (χ3n) is 5.72. The van der Waals surface area contributed by atoms with E-state index in [1.54, 1.807) is 18.0 Å². The molecule has 27 heavy (non-hydrogen) atoms. The van der Waals surface area contributed by atoms with Gasteiger partial charge in [-0.25, -0.2) is 8.78 Å². The first-order valence-electron chi connectivity index (χ1n) is 9.44. The van der Waals surface area contributed by atoms with Gasteiger partial charge in [0.15, 0.2) is 0 Å². The Morgan fingerprint density at radius 2 is 2.11 bits per heavy atom. The van der Waals surface area contributed by atoms with E-state index in [0.717, 1.165) is 31.6 Å². The third-order valence-corrected chi connectivity index (χ3v) is 6.18. The molecule has 1 amide bonds. The first kappa shape index (κ1) is 18.7. The number of hydrogen-bond donors (Lipinski definition) is 1. The van der Waals surface area contributed by atoms with Crippen LogP contribution in [0.25, 0.3) is 5.57 Å². The molecule has 1 N–H and O–H groups in total. The molecule has 2 fully saturated rings. The fourth-order valence-corrected chi connectivity index (χ4v) is 4.54. The molecule has 0 radical (unpaired) electrons. The number of halogens is 2. The Hall–Kier alpha value is -1.66. The summed E-state index contributed by atoms with van der Waals surface area (Å²) in [4.78, 5) is 14.7. The molecule has 6 heteroatoms. The summed E-state index contributed by atoms with van der Waals surface area (Å²) >= 11 is 1.60. The summed E-state index contributed by atoms with van der Waals surface area (Å²) < 4.78 is 32.0. The van der Waals surface area contributed by atoms with Crippen LogP contribution in [0.15, 0.2) is 42.2 Å². The zero-order valence-electron chi connectivity index (χ0n) is 15.3. The van der Waals surface area contributed by atoms with Crippen molar-refractivity contribution >= 4 is 23.4 Å². The first-order valence-corrected chi connectivity index (χ1v) is 10.7. The number of alkyl halides is 1. The monoisotopic (exact) mass is 390 g/mol. The Morgan fingerprint density at radius 3 is 2.85 bits per heavy atom. The van der Waals surface area contributed by atoms with Gasteiger partial charge in [-0.3, -0.25) is 9.52 Å². The lowest BCUT2D eigenvalue weighted by Crippen LogP contribution is -2.53. The molecule has 0 aromatic heterocycles. The highest BCUT2D eigenvalue weighted by molar-refractivity contribution is 7.96. The first-order chi connectivity index (χ1) is 13.1. The van der Waals surface area contributed by atoms with Crippen molar-refractivity contribution in [1.82, 2.24) is 9.62 Å². The van der Waals surface area contributed by atoms with Crippen molar-refractivity contribution in [2.24, 2.45) is 11.8 Å². The smallest absolute Gasteiger partial charge is 0.226 e. The third kappa shape index (κ3) is 3.69. The lowest BCUT2D eigenvalue weighted by atomic mass is 9.89. The summed E-state index contributed by atoms with van der Waals surface area (Å²) in [5, 5.41) is 0. The molecule has 2 aliphatic carbocycles. The molecule has 0 bridgehead atoms. The number of carbonyl (C=O) groups is 1. The number of likely N-dealkylation sites (tertiary alicyclic amines) is 1. The fourth-order valence-electron chi connectivity index (χ4n) is 4.14. The van der Waals surface area contributed by atoms with Crippen molar-refractivity contribution in [2.45, 2.75) is 24.9 Å². The second kappa shape index (κ2) is 7.76. The molecule has 0 spiro atoms. The number of nitrogens with zero attached hydrogens (tertiary/aromatic N) is 1. The van der Waals surface area contributed by atoms with Gasteiger partial charge in [0, 0.05) is 43.5 Å². The van der Waals surface area contributed by atoms with Gasteiger partial charge in [-0.2, -0.15) is 0 Å². The minimum atomic E-state index is -1.33. The van der Waals surface area contributed by atoms with Crippen LogP contribution in [0.1, 0.15) is 29.9 Å². The molecule has 144 valence electrons. The zero-order valence-corrected chi connectivity index (χ0v) is 16.1. The van der Waals surface area contributed by atoms with Crippen molar-refractivity contribution in [3.05, 3.63) is 53.4 Å². The van der Waals surface area contributed by atoms with E-state index in [-0.39, 0.29) is 29.7 Å². The van der Waals surface area contributed by atoms with Gasteiger partial charge in [-0.05, 0) is 35.8 Å². The average molecular weight is 390 g/mol. The molecule has 3 atom stereocenters. The molecule has 1 aromatic carbocycles. The molecule has 3 unspecified atom stereocenters. The molecule has 1 aliphatic heterocycles. The topological polar surface area (TPSA) is 32.3 Å². The predicted octanol–water partition coefficient (Wildman–Crippen LogP) is 4.09. The maximum absolute atomic E-state index is 14.4. The number of amides is 1. The van der Waals surface area contributed by atoms with E-state index in [1.165, 1.54) is 12.2 Å². The number of rotatable bonds is 6. The minimum Gasteiger partial charge on any atom is -0.342 e. The molecule has 1 heterocycles. The Labute approximate surface area is 163 Å². The van der Waals surface area contributed by atoms with Gasteiger partial charge in [0.25, 0.3) is 0 Å². The molecule has 1 aromatic rings.